The minimum Gasteiger partial charge on any atom is -0.497 e. The van der Waals surface area contributed by atoms with E-state index in [4.69, 9.17) is 4.74 Å². The molecule has 9 heteroatoms. The van der Waals surface area contributed by atoms with Gasteiger partial charge in [0.1, 0.15) is 5.75 Å². The molecule has 0 saturated heterocycles. The molecule has 0 saturated carbocycles. The van der Waals surface area contributed by atoms with Crippen molar-refractivity contribution in [3.05, 3.63) is 90.0 Å². The van der Waals surface area contributed by atoms with Crippen molar-refractivity contribution < 1.29 is 14.3 Å². The highest BCUT2D eigenvalue weighted by Crippen LogP contribution is 2.21. The van der Waals surface area contributed by atoms with Crippen LogP contribution < -0.4 is 10.1 Å². The highest BCUT2D eigenvalue weighted by atomic mass is 32.2. The van der Waals surface area contributed by atoms with Gasteiger partial charge < -0.3 is 10.1 Å². The van der Waals surface area contributed by atoms with Crippen LogP contribution in [0.2, 0.25) is 0 Å². The number of nitrogens with zero attached hydrogens (tertiary/aromatic N) is 4. The van der Waals surface area contributed by atoms with Crippen LogP contribution in [0.15, 0.2) is 78.2 Å². The minimum absolute atomic E-state index is 0.0155. The average Bonchev–Trinajstić information content (AvgIpc) is 3.48. The number of benzene rings is 2. The summed E-state index contributed by atoms with van der Waals surface area (Å²) in [5.41, 5.74) is 2.31. The molecule has 0 aliphatic rings. The van der Waals surface area contributed by atoms with Gasteiger partial charge in [-0.1, -0.05) is 23.9 Å². The number of aromatic nitrogens is 4. The van der Waals surface area contributed by atoms with E-state index >= 15 is 0 Å². The van der Waals surface area contributed by atoms with E-state index in [9.17, 15) is 9.59 Å². The van der Waals surface area contributed by atoms with Crippen molar-refractivity contribution in [1.29, 1.82) is 0 Å². The number of ketones is 1. The maximum atomic E-state index is 12.5. The van der Waals surface area contributed by atoms with Crippen LogP contribution in [-0.4, -0.2) is 44.1 Å². The third kappa shape index (κ3) is 5.50. The third-order valence-electron chi connectivity index (χ3n) is 4.93. The molecule has 2 aromatic carbocycles. The number of hydrogen-bond donors (Lipinski definition) is 1. The van der Waals surface area contributed by atoms with Gasteiger partial charge in [-0.2, -0.15) is 0 Å². The molecule has 168 valence electrons. The molecule has 8 nitrogen and oxygen atoms in total. The first kappa shape index (κ1) is 22.3. The Bertz CT molecular complexity index is 1230. The second-order valence-corrected chi connectivity index (χ2v) is 8.21. The molecule has 0 aliphatic heterocycles. The van der Waals surface area contributed by atoms with Crippen LogP contribution in [-0.2, 0) is 11.2 Å². The standard InChI is InChI=1S/C24H23N5O3S/c1-17(30)19-7-9-20(10-8-19)25-23(31)16-33-24-27-26-22(29(24)28-13-3-4-14-28)15-18-5-11-21(32-2)12-6-18/h3-14H,15-16H2,1-2H3,(H,25,31). The molecule has 1 N–H and O–H groups in total. The number of hydrogen-bond acceptors (Lipinski definition) is 6. The number of carbonyl (C=O) groups excluding carboxylic acids is 2. The summed E-state index contributed by atoms with van der Waals surface area (Å²) < 4.78 is 9.01. The summed E-state index contributed by atoms with van der Waals surface area (Å²) in [5.74, 6) is 1.52. The van der Waals surface area contributed by atoms with E-state index < -0.39 is 0 Å². The number of methoxy groups -OCH3 is 1. The molecule has 0 radical (unpaired) electrons. The van der Waals surface area contributed by atoms with E-state index in [1.165, 1.54) is 18.7 Å². The first-order valence-electron chi connectivity index (χ1n) is 10.3. The summed E-state index contributed by atoms with van der Waals surface area (Å²) in [6, 6.07) is 18.5. The second kappa shape index (κ2) is 10.2. The lowest BCUT2D eigenvalue weighted by Gasteiger charge is -2.11. The maximum absolute atomic E-state index is 12.5. The van der Waals surface area contributed by atoms with Crippen LogP contribution in [0.1, 0.15) is 28.7 Å². The zero-order valence-electron chi connectivity index (χ0n) is 18.3. The first-order chi connectivity index (χ1) is 16.0. The Balaban J connectivity index is 1.46. The smallest absolute Gasteiger partial charge is 0.234 e. The number of thioether (sulfide) groups is 1. The summed E-state index contributed by atoms with van der Waals surface area (Å²) in [7, 11) is 1.64. The second-order valence-electron chi connectivity index (χ2n) is 7.27. The Morgan fingerprint density at radius 3 is 2.33 bits per heavy atom. The van der Waals surface area contributed by atoms with Gasteiger partial charge in [0.2, 0.25) is 11.1 Å². The molecule has 0 unspecified atom stereocenters. The quantitative estimate of drug-likeness (QED) is 0.300. The van der Waals surface area contributed by atoms with Crippen LogP contribution in [0, 0.1) is 0 Å². The molecule has 0 fully saturated rings. The number of rotatable bonds is 9. The fourth-order valence-corrected chi connectivity index (χ4v) is 3.98. The van der Waals surface area contributed by atoms with E-state index in [-0.39, 0.29) is 17.4 Å². The van der Waals surface area contributed by atoms with Gasteiger partial charge in [-0.05, 0) is 61.0 Å². The molecule has 2 aromatic heterocycles. The Morgan fingerprint density at radius 1 is 1.00 bits per heavy atom. The van der Waals surface area contributed by atoms with Crippen LogP contribution in [0.3, 0.4) is 0 Å². The molecular weight excluding hydrogens is 438 g/mol. The molecule has 4 rings (SSSR count). The summed E-state index contributed by atoms with van der Waals surface area (Å²) in [5, 5.41) is 12.2. The van der Waals surface area contributed by atoms with Crippen molar-refractivity contribution in [2.24, 2.45) is 0 Å². The van der Waals surface area contributed by atoms with Crippen molar-refractivity contribution in [2.45, 2.75) is 18.5 Å². The van der Waals surface area contributed by atoms with Crippen LogP contribution in [0.25, 0.3) is 0 Å². The van der Waals surface area contributed by atoms with E-state index in [0.29, 0.717) is 22.8 Å². The van der Waals surface area contributed by atoms with Gasteiger partial charge >= 0.3 is 0 Å². The molecule has 33 heavy (non-hydrogen) atoms. The Hall–Kier alpha value is -3.85. The largest absolute Gasteiger partial charge is 0.497 e. The Kier molecular flexibility index (Phi) is 6.89. The zero-order chi connectivity index (χ0) is 23.2. The average molecular weight is 462 g/mol. The highest BCUT2D eigenvalue weighted by Gasteiger charge is 2.16. The number of ether oxygens (including phenoxy) is 1. The van der Waals surface area contributed by atoms with Crippen molar-refractivity contribution in [3.63, 3.8) is 0 Å². The summed E-state index contributed by atoms with van der Waals surface area (Å²) in [6.45, 7) is 1.51. The van der Waals surface area contributed by atoms with Crippen LogP contribution in [0.4, 0.5) is 5.69 Å². The first-order valence-corrected chi connectivity index (χ1v) is 11.3. The summed E-state index contributed by atoms with van der Waals surface area (Å²) in [4.78, 5) is 23.9. The lowest BCUT2D eigenvalue weighted by atomic mass is 10.1. The molecule has 0 spiro atoms. The number of Topliss-reactive ketones (excluding diaryl/α,β-unsaturated/α-hetero) is 1. The van der Waals surface area contributed by atoms with Crippen LogP contribution >= 0.6 is 11.8 Å². The van der Waals surface area contributed by atoms with Crippen molar-refractivity contribution >= 4 is 29.1 Å². The number of amides is 1. The summed E-state index contributed by atoms with van der Waals surface area (Å²) >= 11 is 1.30. The van der Waals surface area contributed by atoms with E-state index in [2.05, 4.69) is 15.5 Å². The van der Waals surface area contributed by atoms with Gasteiger partial charge in [-0.15, -0.1) is 10.2 Å². The van der Waals surface area contributed by atoms with Gasteiger partial charge in [0, 0.05) is 30.1 Å². The SMILES string of the molecule is COc1ccc(Cc2nnc(SCC(=O)Nc3ccc(C(C)=O)cc3)n2-n2cccc2)cc1. The molecule has 4 aromatic rings. The minimum atomic E-state index is -0.172. The van der Waals surface area contributed by atoms with Crippen LogP contribution in [0.5, 0.6) is 5.75 Å². The predicted molar refractivity (Wildman–Crippen MR) is 127 cm³/mol. The fraction of sp³-hybridized carbons (Fsp3) is 0.167. The van der Waals surface area contributed by atoms with Gasteiger partial charge in [0.25, 0.3) is 0 Å². The molecule has 0 bridgehead atoms. The number of nitrogens with one attached hydrogen (secondary N) is 1. The molecular formula is C24H23N5O3S. The van der Waals surface area contributed by atoms with Crippen molar-refractivity contribution in [3.8, 4) is 5.75 Å². The number of carbonyl (C=O) groups is 2. The topological polar surface area (TPSA) is 91.0 Å². The van der Waals surface area contributed by atoms with Gasteiger partial charge in [-0.3, -0.25) is 14.3 Å². The fourth-order valence-electron chi connectivity index (χ4n) is 3.23. The zero-order valence-corrected chi connectivity index (χ0v) is 19.1. The highest BCUT2D eigenvalue weighted by molar-refractivity contribution is 7.99. The van der Waals surface area contributed by atoms with E-state index in [0.717, 1.165) is 17.1 Å². The third-order valence-corrected chi connectivity index (χ3v) is 5.84. The molecule has 0 atom stereocenters. The van der Waals surface area contributed by atoms with Gasteiger partial charge in [0.15, 0.2) is 11.6 Å². The lowest BCUT2D eigenvalue weighted by Crippen LogP contribution is -2.16. The van der Waals surface area contributed by atoms with E-state index in [1.807, 2.05) is 58.1 Å². The molecule has 0 aliphatic carbocycles. The summed E-state index contributed by atoms with van der Waals surface area (Å²) in [6.07, 6.45) is 4.38. The normalized spacial score (nSPS) is 10.7. The molecule has 2 heterocycles. The van der Waals surface area contributed by atoms with Gasteiger partial charge in [-0.25, -0.2) is 4.68 Å². The maximum Gasteiger partial charge on any atom is 0.234 e. The predicted octanol–water partition coefficient (Wildman–Crippen LogP) is 3.92. The Morgan fingerprint density at radius 2 is 1.70 bits per heavy atom. The van der Waals surface area contributed by atoms with Crippen molar-refractivity contribution in [1.82, 2.24) is 19.5 Å². The monoisotopic (exact) mass is 461 g/mol. The molecule has 1 amide bonds. The van der Waals surface area contributed by atoms with Gasteiger partial charge in [0.05, 0.1) is 12.9 Å². The lowest BCUT2D eigenvalue weighted by molar-refractivity contribution is -0.113. The van der Waals surface area contributed by atoms with E-state index in [1.54, 1.807) is 31.4 Å². The Labute approximate surface area is 195 Å². The number of anilines is 1. The van der Waals surface area contributed by atoms with Crippen molar-refractivity contribution in [2.75, 3.05) is 18.2 Å².